The van der Waals surface area contributed by atoms with Crippen molar-refractivity contribution < 1.29 is 4.79 Å². The summed E-state index contributed by atoms with van der Waals surface area (Å²) in [7, 11) is 0. The largest absolute Gasteiger partial charge is 0.356 e. The molecule has 1 amide bonds. The average Bonchev–Trinajstić information content (AvgIpc) is 2.47. The molecule has 1 heterocycles. The molecule has 4 nitrogen and oxygen atoms in total. The van der Waals surface area contributed by atoms with Gasteiger partial charge >= 0.3 is 0 Å². The van der Waals surface area contributed by atoms with Crippen LogP contribution in [0.5, 0.6) is 0 Å². The molecule has 0 radical (unpaired) electrons. The summed E-state index contributed by atoms with van der Waals surface area (Å²) in [4.78, 5) is 14.1. The Bertz CT molecular complexity index is 258. The van der Waals surface area contributed by atoms with E-state index in [9.17, 15) is 4.79 Å². The first-order valence-electron chi connectivity index (χ1n) is 8.04. The van der Waals surface area contributed by atoms with Crippen LogP contribution >= 0.6 is 0 Å². The monoisotopic (exact) mass is 267 g/mol. The third-order valence-corrected chi connectivity index (χ3v) is 4.46. The molecule has 2 N–H and O–H groups in total. The van der Waals surface area contributed by atoms with E-state index in [1.165, 1.54) is 38.5 Å². The first-order chi connectivity index (χ1) is 9.34. The van der Waals surface area contributed by atoms with Crippen LogP contribution in [0.1, 0.15) is 44.9 Å². The molecule has 1 aliphatic carbocycles. The van der Waals surface area contributed by atoms with Crippen LogP contribution in [0.4, 0.5) is 0 Å². The summed E-state index contributed by atoms with van der Waals surface area (Å²) < 4.78 is 0. The number of nitrogens with zero attached hydrogens (tertiary/aromatic N) is 1. The number of carbonyl (C=O) groups is 1. The molecule has 2 fully saturated rings. The summed E-state index contributed by atoms with van der Waals surface area (Å²) >= 11 is 0. The predicted molar refractivity (Wildman–Crippen MR) is 78.1 cm³/mol. The van der Waals surface area contributed by atoms with Crippen molar-refractivity contribution >= 4 is 5.91 Å². The first-order valence-corrected chi connectivity index (χ1v) is 8.04. The Balaban J connectivity index is 1.49. The zero-order valence-electron chi connectivity index (χ0n) is 12.1. The van der Waals surface area contributed by atoms with E-state index in [4.69, 9.17) is 0 Å². The van der Waals surface area contributed by atoms with Crippen molar-refractivity contribution in [2.24, 2.45) is 5.92 Å². The lowest BCUT2D eigenvalue weighted by atomic mass is 9.87. The Morgan fingerprint density at radius 3 is 2.63 bits per heavy atom. The number of hydrogen-bond acceptors (Lipinski definition) is 3. The minimum Gasteiger partial charge on any atom is -0.356 e. The van der Waals surface area contributed by atoms with Gasteiger partial charge in [-0.05, 0) is 12.3 Å². The molecule has 0 unspecified atom stereocenters. The van der Waals surface area contributed by atoms with Crippen molar-refractivity contribution in [2.75, 3.05) is 39.3 Å². The highest BCUT2D eigenvalue weighted by molar-refractivity contribution is 5.76. The molecule has 19 heavy (non-hydrogen) atoms. The predicted octanol–water partition coefficient (Wildman–Crippen LogP) is 1.37. The maximum absolute atomic E-state index is 11.8. The minimum absolute atomic E-state index is 0.231. The topological polar surface area (TPSA) is 44.4 Å². The Morgan fingerprint density at radius 1 is 1.16 bits per heavy atom. The van der Waals surface area contributed by atoms with Crippen molar-refractivity contribution in [1.82, 2.24) is 15.5 Å². The Hall–Kier alpha value is -0.610. The summed E-state index contributed by atoms with van der Waals surface area (Å²) in [6.45, 7) is 6.07. The van der Waals surface area contributed by atoms with E-state index in [0.717, 1.165) is 45.2 Å². The van der Waals surface area contributed by atoms with Crippen LogP contribution in [0.15, 0.2) is 0 Å². The summed E-state index contributed by atoms with van der Waals surface area (Å²) in [5, 5.41) is 6.42. The maximum atomic E-state index is 11.8. The SMILES string of the molecule is O=C(CCN1CCNCC1)NCCC1CCCCC1. The minimum atomic E-state index is 0.231. The van der Waals surface area contributed by atoms with Gasteiger partial charge < -0.3 is 15.5 Å². The Kier molecular flexibility index (Phi) is 6.65. The van der Waals surface area contributed by atoms with Gasteiger partial charge in [-0.3, -0.25) is 4.79 Å². The van der Waals surface area contributed by atoms with Crippen LogP contribution in [0.2, 0.25) is 0 Å². The number of piperazine rings is 1. The lowest BCUT2D eigenvalue weighted by Gasteiger charge is -2.26. The van der Waals surface area contributed by atoms with Crippen molar-refractivity contribution in [2.45, 2.75) is 44.9 Å². The molecular weight excluding hydrogens is 238 g/mol. The third-order valence-electron chi connectivity index (χ3n) is 4.46. The lowest BCUT2D eigenvalue weighted by Crippen LogP contribution is -2.44. The average molecular weight is 267 g/mol. The molecule has 2 rings (SSSR count). The summed E-state index contributed by atoms with van der Waals surface area (Å²) in [6.07, 6.45) is 8.77. The van der Waals surface area contributed by atoms with Gasteiger partial charge in [0.05, 0.1) is 0 Å². The number of nitrogens with one attached hydrogen (secondary N) is 2. The first kappa shape index (κ1) is 14.8. The number of hydrogen-bond donors (Lipinski definition) is 2. The van der Waals surface area contributed by atoms with Crippen molar-refractivity contribution in [1.29, 1.82) is 0 Å². The molecule has 0 atom stereocenters. The van der Waals surface area contributed by atoms with Crippen LogP contribution in [-0.4, -0.2) is 50.1 Å². The van der Waals surface area contributed by atoms with Crippen molar-refractivity contribution in [3.63, 3.8) is 0 Å². The highest BCUT2D eigenvalue weighted by atomic mass is 16.1. The van der Waals surface area contributed by atoms with Gasteiger partial charge in [-0.2, -0.15) is 0 Å². The molecule has 0 aromatic rings. The second kappa shape index (κ2) is 8.54. The highest BCUT2D eigenvalue weighted by Crippen LogP contribution is 2.25. The second-order valence-electron chi connectivity index (χ2n) is 5.98. The number of amides is 1. The maximum Gasteiger partial charge on any atom is 0.221 e. The van der Waals surface area contributed by atoms with Crippen LogP contribution in [0, 0.1) is 5.92 Å². The van der Waals surface area contributed by atoms with E-state index in [1.807, 2.05) is 0 Å². The molecule has 0 bridgehead atoms. The highest BCUT2D eigenvalue weighted by Gasteiger charge is 2.14. The van der Waals surface area contributed by atoms with Gasteiger partial charge in [0.1, 0.15) is 0 Å². The fraction of sp³-hybridized carbons (Fsp3) is 0.933. The number of rotatable bonds is 6. The molecule has 1 aliphatic heterocycles. The van der Waals surface area contributed by atoms with Crippen molar-refractivity contribution in [3.8, 4) is 0 Å². The smallest absolute Gasteiger partial charge is 0.221 e. The molecule has 4 heteroatoms. The normalized spacial score (nSPS) is 22.3. The molecule has 1 saturated carbocycles. The van der Waals surface area contributed by atoms with Crippen LogP contribution in [0.25, 0.3) is 0 Å². The zero-order chi connectivity index (χ0) is 13.3. The van der Waals surface area contributed by atoms with E-state index < -0.39 is 0 Å². The van der Waals surface area contributed by atoms with Gasteiger partial charge in [0.15, 0.2) is 0 Å². The van der Waals surface area contributed by atoms with Gasteiger partial charge in [0.2, 0.25) is 5.91 Å². The fourth-order valence-corrected chi connectivity index (χ4v) is 3.17. The van der Waals surface area contributed by atoms with Gasteiger partial charge in [-0.15, -0.1) is 0 Å². The fourth-order valence-electron chi connectivity index (χ4n) is 3.17. The Labute approximate surface area is 117 Å². The number of carbonyl (C=O) groups excluding carboxylic acids is 1. The molecule has 1 saturated heterocycles. The van der Waals surface area contributed by atoms with Crippen LogP contribution in [0.3, 0.4) is 0 Å². The molecule has 2 aliphatic rings. The molecular formula is C15H29N3O. The zero-order valence-corrected chi connectivity index (χ0v) is 12.1. The standard InChI is InChI=1S/C15H29N3O/c19-15(7-11-18-12-9-16-10-13-18)17-8-6-14-4-2-1-3-5-14/h14,16H,1-13H2,(H,17,19). The Morgan fingerprint density at radius 2 is 1.89 bits per heavy atom. The van der Waals surface area contributed by atoms with Gasteiger partial charge in [0, 0.05) is 45.7 Å². The van der Waals surface area contributed by atoms with Crippen LogP contribution in [-0.2, 0) is 4.79 Å². The third kappa shape index (κ3) is 5.91. The lowest BCUT2D eigenvalue weighted by molar-refractivity contribution is -0.121. The summed E-state index contributed by atoms with van der Waals surface area (Å²) in [5.74, 6) is 1.09. The van der Waals surface area contributed by atoms with Crippen LogP contribution < -0.4 is 10.6 Å². The van der Waals surface area contributed by atoms with E-state index in [2.05, 4.69) is 15.5 Å². The van der Waals surface area contributed by atoms with Gasteiger partial charge in [-0.25, -0.2) is 0 Å². The molecule has 110 valence electrons. The molecule has 0 aromatic heterocycles. The summed E-state index contributed by atoms with van der Waals surface area (Å²) in [5.41, 5.74) is 0. The quantitative estimate of drug-likeness (QED) is 0.764. The summed E-state index contributed by atoms with van der Waals surface area (Å²) in [6, 6.07) is 0. The molecule has 0 aromatic carbocycles. The van der Waals surface area contributed by atoms with Crippen molar-refractivity contribution in [3.05, 3.63) is 0 Å². The van der Waals surface area contributed by atoms with Gasteiger partial charge in [0.25, 0.3) is 0 Å². The van der Waals surface area contributed by atoms with E-state index in [-0.39, 0.29) is 5.91 Å². The van der Waals surface area contributed by atoms with E-state index >= 15 is 0 Å². The van der Waals surface area contributed by atoms with E-state index in [1.54, 1.807) is 0 Å². The molecule has 0 spiro atoms. The van der Waals surface area contributed by atoms with Gasteiger partial charge in [-0.1, -0.05) is 32.1 Å². The van der Waals surface area contributed by atoms with E-state index in [0.29, 0.717) is 6.42 Å². The second-order valence-corrected chi connectivity index (χ2v) is 5.98.